The minimum absolute atomic E-state index is 0.0798. The Morgan fingerprint density at radius 3 is 2.57 bits per heavy atom. The number of para-hydroxylation sites is 1. The molecule has 1 aliphatic heterocycles. The van der Waals surface area contributed by atoms with E-state index in [9.17, 15) is 4.79 Å². The summed E-state index contributed by atoms with van der Waals surface area (Å²) >= 11 is 1.60. The number of ether oxygens (including phenoxy) is 3. The lowest BCUT2D eigenvalue weighted by Crippen LogP contribution is -2.33. The first-order valence-corrected chi connectivity index (χ1v) is 15.9. The number of nitrogens with zero attached hydrogens (tertiary/aromatic N) is 3. The van der Waals surface area contributed by atoms with Crippen molar-refractivity contribution in [3.05, 3.63) is 102 Å². The van der Waals surface area contributed by atoms with Gasteiger partial charge >= 0.3 is 0 Å². The number of thioether (sulfide) groups is 1. The van der Waals surface area contributed by atoms with E-state index in [1.165, 1.54) is 0 Å². The average molecular weight is 612 g/mol. The summed E-state index contributed by atoms with van der Waals surface area (Å²) in [7, 11) is 1.65. The maximum Gasteiger partial charge on any atom is 0.225 e. The van der Waals surface area contributed by atoms with Crippen LogP contribution in [-0.4, -0.2) is 58.0 Å². The van der Waals surface area contributed by atoms with Crippen LogP contribution >= 0.6 is 11.8 Å². The molecule has 6 rings (SSSR count). The summed E-state index contributed by atoms with van der Waals surface area (Å²) < 4.78 is 18.9. The highest BCUT2D eigenvalue weighted by atomic mass is 32.2. The minimum Gasteiger partial charge on any atom is -0.497 e. The number of hydrogen-bond donors (Lipinski definition) is 2. The maximum atomic E-state index is 13.7. The number of H-pyrrole nitrogens is 1. The molecule has 0 aliphatic carbocycles. The third kappa shape index (κ3) is 6.99. The Balaban J connectivity index is 1.31. The molecule has 1 fully saturated rings. The highest BCUT2D eigenvalue weighted by Crippen LogP contribution is 2.30. The van der Waals surface area contributed by atoms with Crippen LogP contribution in [0.25, 0.3) is 16.6 Å². The number of aryl methyl sites for hydroxylation is 1. The van der Waals surface area contributed by atoms with Crippen molar-refractivity contribution in [3.63, 3.8) is 0 Å². The van der Waals surface area contributed by atoms with Crippen LogP contribution in [-0.2, 0) is 27.1 Å². The number of aromatic amines is 1. The Bertz CT molecular complexity index is 1680. The van der Waals surface area contributed by atoms with Gasteiger partial charge in [-0.3, -0.25) is 9.36 Å². The molecule has 0 bridgehead atoms. The van der Waals surface area contributed by atoms with Gasteiger partial charge in [0.15, 0.2) is 17.3 Å². The summed E-state index contributed by atoms with van der Waals surface area (Å²) in [5, 5.41) is 14.4. The lowest BCUT2D eigenvalue weighted by molar-refractivity contribution is -0.178. The molecule has 2 aromatic heterocycles. The number of rotatable bonds is 12. The SMILES string of the molecule is COc1ccc(-n2c(SCCC3OCCCO3)nnc2[C@H](Cc2ccccc2)NC(=O)Cc2c(C)[nH]c3ccccc23)cc1. The fraction of sp³-hybridized carbons (Fsp3) is 0.324. The lowest BCUT2D eigenvalue weighted by Gasteiger charge is -2.23. The van der Waals surface area contributed by atoms with Gasteiger partial charge < -0.3 is 24.5 Å². The van der Waals surface area contributed by atoms with Crippen LogP contribution in [0.5, 0.6) is 5.75 Å². The van der Waals surface area contributed by atoms with Crippen LogP contribution in [0.2, 0.25) is 0 Å². The molecule has 44 heavy (non-hydrogen) atoms. The molecule has 0 radical (unpaired) electrons. The van der Waals surface area contributed by atoms with E-state index < -0.39 is 6.04 Å². The third-order valence-electron chi connectivity index (χ3n) is 7.76. The van der Waals surface area contributed by atoms with Crippen molar-refractivity contribution in [1.29, 1.82) is 0 Å². The van der Waals surface area contributed by atoms with Gasteiger partial charge in [-0.15, -0.1) is 10.2 Å². The molecule has 1 aliphatic rings. The lowest BCUT2D eigenvalue weighted by atomic mass is 10.0. The molecule has 9 nitrogen and oxygen atoms in total. The number of aromatic nitrogens is 4. The van der Waals surface area contributed by atoms with E-state index >= 15 is 0 Å². The number of methoxy groups -OCH3 is 1. The van der Waals surface area contributed by atoms with E-state index in [0.29, 0.717) is 12.2 Å². The Kier molecular flexibility index (Phi) is 9.60. The van der Waals surface area contributed by atoms with Gasteiger partial charge in [-0.1, -0.05) is 60.3 Å². The molecular formula is C34H37N5O4S. The number of fused-ring (bicyclic) bond motifs is 1. The van der Waals surface area contributed by atoms with Crippen molar-refractivity contribution in [3.8, 4) is 11.4 Å². The van der Waals surface area contributed by atoms with Gasteiger partial charge in [-0.05, 0) is 61.2 Å². The first kappa shape index (κ1) is 29.9. The van der Waals surface area contributed by atoms with E-state index in [4.69, 9.17) is 19.3 Å². The smallest absolute Gasteiger partial charge is 0.225 e. The van der Waals surface area contributed by atoms with Gasteiger partial charge in [0.25, 0.3) is 0 Å². The van der Waals surface area contributed by atoms with Crippen LogP contribution in [0.3, 0.4) is 0 Å². The monoisotopic (exact) mass is 611 g/mol. The van der Waals surface area contributed by atoms with Crippen molar-refractivity contribution < 1.29 is 19.0 Å². The number of carbonyl (C=O) groups is 1. The van der Waals surface area contributed by atoms with Crippen LogP contribution in [0.4, 0.5) is 0 Å². The van der Waals surface area contributed by atoms with E-state index in [1.54, 1.807) is 18.9 Å². The Labute approximate surface area is 261 Å². The Morgan fingerprint density at radius 2 is 1.80 bits per heavy atom. The predicted molar refractivity (Wildman–Crippen MR) is 171 cm³/mol. The summed E-state index contributed by atoms with van der Waals surface area (Å²) in [5.74, 6) is 2.08. The zero-order valence-electron chi connectivity index (χ0n) is 25.0. The molecule has 5 aromatic rings. The van der Waals surface area contributed by atoms with E-state index in [2.05, 4.69) is 33.6 Å². The number of hydrogen-bond acceptors (Lipinski definition) is 7. The summed E-state index contributed by atoms with van der Waals surface area (Å²) in [5.41, 5.74) is 4.99. The highest BCUT2D eigenvalue weighted by Gasteiger charge is 2.26. The second kappa shape index (κ2) is 14.1. The first-order chi connectivity index (χ1) is 21.6. The Morgan fingerprint density at radius 1 is 1.05 bits per heavy atom. The second-order valence-electron chi connectivity index (χ2n) is 10.8. The molecule has 3 heterocycles. The molecule has 1 saturated heterocycles. The van der Waals surface area contributed by atoms with Crippen LogP contribution < -0.4 is 10.1 Å². The second-order valence-corrected chi connectivity index (χ2v) is 11.9. The fourth-order valence-electron chi connectivity index (χ4n) is 5.55. The molecule has 1 atom stereocenters. The summed E-state index contributed by atoms with van der Waals surface area (Å²) in [4.78, 5) is 17.1. The minimum atomic E-state index is -0.427. The first-order valence-electron chi connectivity index (χ1n) is 14.9. The third-order valence-corrected chi connectivity index (χ3v) is 8.73. The quantitative estimate of drug-likeness (QED) is 0.168. The van der Waals surface area contributed by atoms with Gasteiger partial charge in [-0.25, -0.2) is 0 Å². The van der Waals surface area contributed by atoms with Crippen molar-refractivity contribution in [1.82, 2.24) is 25.1 Å². The molecule has 3 aromatic carbocycles. The van der Waals surface area contributed by atoms with Crippen LogP contribution in [0.15, 0.2) is 84.0 Å². The maximum absolute atomic E-state index is 13.7. The predicted octanol–water partition coefficient (Wildman–Crippen LogP) is 5.95. The van der Waals surface area contributed by atoms with Gasteiger partial charge in [0, 0.05) is 34.5 Å². The topological polar surface area (TPSA) is 103 Å². The van der Waals surface area contributed by atoms with E-state index in [0.717, 1.165) is 76.1 Å². The summed E-state index contributed by atoms with van der Waals surface area (Å²) in [6.07, 6.45) is 2.27. The van der Waals surface area contributed by atoms with E-state index in [-0.39, 0.29) is 18.6 Å². The zero-order valence-corrected chi connectivity index (χ0v) is 25.8. The molecular weight excluding hydrogens is 574 g/mol. The van der Waals surface area contributed by atoms with Crippen molar-refractivity contribution in [2.45, 2.75) is 50.1 Å². The molecule has 1 amide bonds. The zero-order chi connectivity index (χ0) is 30.3. The van der Waals surface area contributed by atoms with E-state index in [1.807, 2.05) is 72.2 Å². The van der Waals surface area contributed by atoms with Crippen molar-refractivity contribution >= 4 is 28.6 Å². The summed E-state index contributed by atoms with van der Waals surface area (Å²) in [6, 6.07) is 25.6. The van der Waals surface area contributed by atoms with Crippen molar-refractivity contribution in [2.24, 2.45) is 0 Å². The summed E-state index contributed by atoms with van der Waals surface area (Å²) in [6.45, 7) is 3.46. The number of amides is 1. The standard InChI is InChI=1S/C34H37N5O4S/c1-23-28(27-11-6-7-12-29(27)35-23)22-31(40)36-30(21-24-9-4-3-5-10-24)33-37-38-34(44-20-17-32-42-18-8-19-43-32)39(33)25-13-15-26(41-2)16-14-25/h3-7,9-16,30,32,35H,8,17-22H2,1-2H3,(H,36,40)/t30-/m0/s1. The number of benzene rings is 3. The average Bonchev–Trinajstić information content (AvgIpc) is 3.62. The molecule has 0 spiro atoms. The molecule has 0 unspecified atom stereocenters. The van der Waals surface area contributed by atoms with Crippen molar-refractivity contribution in [2.75, 3.05) is 26.1 Å². The van der Waals surface area contributed by atoms with Crippen LogP contribution in [0, 0.1) is 6.92 Å². The van der Waals surface area contributed by atoms with Crippen LogP contribution in [0.1, 0.15) is 41.5 Å². The van der Waals surface area contributed by atoms with Gasteiger partial charge in [-0.2, -0.15) is 0 Å². The molecule has 0 saturated carbocycles. The molecule has 228 valence electrons. The van der Waals surface area contributed by atoms with Gasteiger partial charge in [0.2, 0.25) is 5.91 Å². The number of carbonyl (C=O) groups excluding carboxylic acids is 1. The largest absolute Gasteiger partial charge is 0.497 e. The fourth-order valence-corrected chi connectivity index (χ4v) is 6.47. The normalized spacial score (nSPS) is 14.5. The highest BCUT2D eigenvalue weighted by molar-refractivity contribution is 7.99. The van der Waals surface area contributed by atoms with Gasteiger partial charge in [0.1, 0.15) is 5.75 Å². The van der Waals surface area contributed by atoms with Gasteiger partial charge in [0.05, 0.1) is 32.8 Å². The molecule has 2 N–H and O–H groups in total. The number of nitrogens with one attached hydrogen (secondary N) is 2. The Hall–Kier alpha value is -4.12. The molecule has 10 heteroatoms.